The van der Waals surface area contributed by atoms with Crippen LogP contribution in [0.25, 0.3) is 0 Å². The lowest BCUT2D eigenvalue weighted by Gasteiger charge is -2.27. The van der Waals surface area contributed by atoms with Gasteiger partial charge >= 0.3 is 0 Å². The van der Waals surface area contributed by atoms with Gasteiger partial charge in [0.25, 0.3) is 0 Å². The van der Waals surface area contributed by atoms with Crippen LogP contribution in [0.1, 0.15) is 29.3 Å². The molecule has 2 unspecified atom stereocenters. The molecule has 2 atom stereocenters. The summed E-state index contributed by atoms with van der Waals surface area (Å²) in [5.41, 5.74) is 1.31. The minimum Gasteiger partial charge on any atom is -0.395 e. The first-order valence-corrected chi connectivity index (χ1v) is 7.08. The van der Waals surface area contributed by atoms with Crippen molar-refractivity contribution in [3.05, 3.63) is 20.8 Å². The molecule has 2 rings (SSSR count). The van der Waals surface area contributed by atoms with Crippen molar-refractivity contribution in [2.45, 2.75) is 31.3 Å². The Balaban J connectivity index is 2.07. The van der Waals surface area contributed by atoms with Crippen molar-refractivity contribution in [3.8, 4) is 0 Å². The molecule has 0 amide bonds. The average molecular weight is 276 g/mol. The maximum atomic E-state index is 9.28. The molecule has 0 bridgehead atoms. The fourth-order valence-corrected chi connectivity index (χ4v) is 3.72. The highest BCUT2D eigenvalue weighted by atomic mass is 35.5. The first-order valence-electron chi connectivity index (χ1n) is 5.88. The summed E-state index contributed by atoms with van der Waals surface area (Å²) in [7, 11) is 1.65. The summed E-state index contributed by atoms with van der Waals surface area (Å²) in [5.74, 6) is 0. The summed E-state index contributed by atoms with van der Waals surface area (Å²) in [6, 6.07) is 2.35. The molecule has 1 aromatic rings. The van der Waals surface area contributed by atoms with E-state index >= 15 is 0 Å². The number of aryl methyl sites for hydroxylation is 1. The van der Waals surface area contributed by atoms with Gasteiger partial charge in [-0.25, -0.2) is 0 Å². The van der Waals surface area contributed by atoms with Crippen LogP contribution < -0.4 is 5.32 Å². The molecule has 0 spiro atoms. The molecule has 17 heavy (non-hydrogen) atoms. The number of aliphatic hydroxyl groups excluding tert-OH is 1. The lowest BCUT2D eigenvalue weighted by Crippen LogP contribution is -2.39. The zero-order chi connectivity index (χ0) is 12.3. The number of hydrogen-bond donors (Lipinski definition) is 2. The third-order valence-corrected chi connectivity index (χ3v) is 4.45. The summed E-state index contributed by atoms with van der Waals surface area (Å²) in [4.78, 5) is 1.38. The quantitative estimate of drug-likeness (QED) is 0.867. The van der Waals surface area contributed by atoms with Gasteiger partial charge in [-0.2, -0.15) is 0 Å². The van der Waals surface area contributed by atoms with Crippen molar-refractivity contribution in [1.82, 2.24) is 5.32 Å². The molecule has 1 heterocycles. The van der Waals surface area contributed by atoms with E-state index in [2.05, 4.69) is 11.4 Å². The van der Waals surface area contributed by atoms with Crippen molar-refractivity contribution in [3.63, 3.8) is 0 Å². The van der Waals surface area contributed by atoms with Crippen LogP contribution >= 0.6 is 22.9 Å². The smallest absolute Gasteiger partial charge is 0.0934 e. The first kappa shape index (κ1) is 13.3. The van der Waals surface area contributed by atoms with Crippen molar-refractivity contribution >= 4 is 22.9 Å². The number of aliphatic hydroxyl groups is 1. The maximum Gasteiger partial charge on any atom is 0.0934 e. The van der Waals surface area contributed by atoms with E-state index in [0.717, 1.165) is 17.2 Å². The predicted octanol–water partition coefficient (Wildman–Crippen LogP) is 2.38. The van der Waals surface area contributed by atoms with Gasteiger partial charge in [-0.3, -0.25) is 0 Å². The zero-order valence-corrected chi connectivity index (χ0v) is 11.5. The minimum absolute atomic E-state index is 0.00498. The molecule has 2 N–H and O–H groups in total. The summed E-state index contributed by atoms with van der Waals surface area (Å²) < 4.78 is 5.94. The second-order valence-electron chi connectivity index (χ2n) is 4.38. The van der Waals surface area contributed by atoms with Gasteiger partial charge in [0, 0.05) is 18.0 Å². The molecule has 0 aromatic carbocycles. The van der Waals surface area contributed by atoms with Crippen LogP contribution in [0.2, 0.25) is 4.34 Å². The van der Waals surface area contributed by atoms with E-state index in [0.29, 0.717) is 12.6 Å². The number of halogens is 1. The number of hydrogen-bond acceptors (Lipinski definition) is 4. The van der Waals surface area contributed by atoms with Gasteiger partial charge in [0.1, 0.15) is 0 Å². The Morgan fingerprint density at radius 1 is 1.71 bits per heavy atom. The van der Waals surface area contributed by atoms with Crippen molar-refractivity contribution in [2.75, 3.05) is 20.3 Å². The number of nitrogens with one attached hydrogen (secondary N) is 1. The Bertz CT molecular complexity index is 369. The highest BCUT2D eigenvalue weighted by molar-refractivity contribution is 7.16. The maximum absolute atomic E-state index is 9.28. The van der Waals surface area contributed by atoms with E-state index in [1.165, 1.54) is 16.9 Å². The monoisotopic (exact) mass is 275 g/mol. The van der Waals surface area contributed by atoms with Crippen LogP contribution in [-0.4, -0.2) is 31.5 Å². The highest BCUT2D eigenvalue weighted by Gasteiger charge is 2.24. The standard InChI is InChI=1S/C12H18ClNO2S/c1-16-7-8(6-15)14-10-3-2-4-11-9(10)5-12(13)17-11/h5,8,10,14-15H,2-4,6-7H2,1H3. The third-order valence-electron chi connectivity index (χ3n) is 3.11. The predicted molar refractivity (Wildman–Crippen MR) is 70.9 cm³/mol. The second-order valence-corrected chi connectivity index (χ2v) is 6.14. The van der Waals surface area contributed by atoms with Gasteiger partial charge in [-0.1, -0.05) is 11.6 Å². The Morgan fingerprint density at radius 2 is 2.53 bits per heavy atom. The number of rotatable bonds is 5. The lowest BCUT2D eigenvalue weighted by molar-refractivity contribution is 0.120. The normalized spacial score (nSPS) is 21.2. The van der Waals surface area contributed by atoms with Crippen LogP contribution in [0.15, 0.2) is 6.07 Å². The van der Waals surface area contributed by atoms with Gasteiger partial charge in [0.05, 0.1) is 23.6 Å². The van der Waals surface area contributed by atoms with E-state index in [1.807, 2.05) is 0 Å². The minimum atomic E-state index is -0.00498. The molecular weight excluding hydrogens is 258 g/mol. The lowest BCUT2D eigenvalue weighted by atomic mass is 9.93. The fraction of sp³-hybridized carbons (Fsp3) is 0.667. The molecule has 1 aliphatic carbocycles. The van der Waals surface area contributed by atoms with Crippen LogP contribution in [-0.2, 0) is 11.2 Å². The van der Waals surface area contributed by atoms with Crippen molar-refractivity contribution in [2.24, 2.45) is 0 Å². The van der Waals surface area contributed by atoms with Gasteiger partial charge in [0.2, 0.25) is 0 Å². The summed E-state index contributed by atoms with van der Waals surface area (Å²) in [6.07, 6.45) is 3.39. The summed E-state index contributed by atoms with van der Waals surface area (Å²) in [6.45, 7) is 0.623. The fourth-order valence-electron chi connectivity index (χ4n) is 2.33. The first-order chi connectivity index (χ1) is 8.24. The topological polar surface area (TPSA) is 41.5 Å². The molecule has 0 fully saturated rings. The molecule has 5 heteroatoms. The van der Waals surface area contributed by atoms with Crippen LogP contribution in [0, 0.1) is 0 Å². The van der Waals surface area contributed by atoms with Crippen LogP contribution in [0.4, 0.5) is 0 Å². The van der Waals surface area contributed by atoms with E-state index < -0.39 is 0 Å². The Kier molecular flexibility index (Phi) is 4.82. The van der Waals surface area contributed by atoms with Gasteiger partial charge < -0.3 is 15.2 Å². The Morgan fingerprint density at radius 3 is 3.24 bits per heavy atom. The van der Waals surface area contributed by atoms with Crippen molar-refractivity contribution < 1.29 is 9.84 Å². The molecular formula is C12H18ClNO2S. The third kappa shape index (κ3) is 3.20. The van der Waals surface area contributed by atoms with Gasteiger partial charge in [-0.15, -0.1) is 11.3 Å². The largest absolute Gasteiger partial charge is 0.395 e. The molecule has 0 saturated carbocycles. The van der Waals surface area contributed by atoms with E-state index in [1.54, 1.807) is 18.4 Å². The number of ether oxygens (including phenoxy) is 1. The average Bonchev–Trinajstić information content (AvgIpc) is 2.70. The second kappa shape index (κ2) is 6.16. The molecule has 96 valence electrons. The van der Waals surface area contributed by atoms with E-state index in [-0.39, 0.29) is 12.6 Å². The van der Waals surface area contributed by atoms with E-state index in [9.17, 15) is 5.11 Å². The highest BCUT2D eigenvalue weighted by Crippen LogP contribution is 2.37. The zero-order valence-electron chi connectivity index (χ0n) is 9.91. The number of methoxy groups -OCH3 is 1. The van der Waals surface area contributed by atoms with Gasteiger partial charge in [0.15, 0.2) is 0 Å². The molecule has 3 nitrogen and oxygen atoms in total. The van der Waals surface area contributed by atoms with Crippen LogP contribution in [0.3, 0.4) is 0 Å². The molecule has 0 aliphatic heterocycles. The summed E-state index contributed by atoms with van der Waals surface area (Å²) >= 11 is 7.74. The molecule has 0 saturated heterocycles. The van der Waals surface area contributed by atoms with Crippen LogP contribution in [0.5, 0.6) is 0 Å². The van der Waals surface area contributed by atoms with Crippen molar-refractivity contribution in [1.29, 1.82) is 0 Å². The number of fused-ring (bicyclic) bond motifs is 1. The Hall–Kier alpha value is -0.130. The van der Waals surface area contributed by atoms with Gasteiger partial charge in [-0.05, 0) is 30.9 Å². The molecule has 1 aliphatic rings. The molecule has 1 aromatic heterocycles. The summed E-state index contributed by atoms with van der Waals surface area (Å²) in [5, 5.41) is 12.7. The Labute approximate surface area is 111 Å². The van der Waals surface area contributed by atoms with E-state index in [4.69, 9.17) is 16.3 Å². The SMILES string of the molecule is COCC(CO)NC1CCCc2sc(Cl)cc21. The molecule has 0 radical (unpaired) electrons. The number of thiophene rings is 1.